The predicted octanol–water partition coefficient (Wildman–Crippen LogP) is 5.54. The first-order valence-electron chi connectivity index (χ1n) is 12.9. The van der Waals surface area contributed by atoms with Crippen LogP contribution in [0.3, 0.4) is 0 Å². The number of anilines is 2. The molecule has 2 fully saturated rings. The third-order valence-corrected chi connectivity index (χ3v) is 7.57. The summed E-state index contributed by atoms with van der Waals surface area (Å²) in [6.45, 7) is -0.1000. The molecular weight excluding hydrogens is 562 g/mol. The number of carbonyl (C=O) groups excluding carboxylic acids is 2. The Balaban J connectivity index is 1.58. The van der Waals surface area contributed by atoms with Crippen LogP contribution in [-0.2, 0) is 9.59 Å². The molecule has 1 saturated carbocycles. The Kier molecular flexibility index (Phi) is 7.87. The highest BCUT2D eigenvalue weighted by molar-refractivity contribution is 6.31. The number of halogens is 5. The lowest BCUT2D eigenvalue weighted by atomic mass is 9.87. The maximum atomic E-state index is 14.5. The monoisotopic (exact) mass is 585 g/mol. The first-order chi connectivity index (χ1) is 19.5. The number of hydrogen-bond donors (Lipinski definition) is 1. The van der Waals surface area contributed by atoms with Crippen molar-refractivity contribution in [3.05, 3.63) is 88.6 Å². The average Bonchev–Trinajstić information content (AvgIpc) is 3.27. The lowest BCUT2D eigenvalue weighted by Gasteiger charge is -2.40. The molecule has 5 rings (SSSR count). The molecule has 2 aliphatic rings. The lowest BCUT2D eigenvalue weighted by Crippen LogP contribution is -2.54. The van der Waals surface area contributed by atoms with Crippen LogP contribution in [0.5, 0.6) is 0 Å². The third kappa shape index (κ3) is 6.12. The molecule has 3 aromatic rings. The molecule has 0 bridgehead atoms. The molecule has 2 amide bonds. The summed E-state index contributed by atoms with van der Waals surface area (Å²) in [4.78, 5) is 33.8. The van der Waals surface area contributed by atoms with Crippen molar-refractivity contribution in [3.8, 4) is 6.07 Å². The van der Waals surface area contributed by atoms with Gasteiger partial charge in [-0.2, -0.15) is 5.26 Å². The van der Waals surface area contributed by atoms with Gasteiger partial charge in [0.25, 0.3) is 5.92 Å². The van der Waals surface area contributed by atoms with Gasteiger partial charge in [-0.3, -0.25) is 14.5 Å². The van der Waals surface area contributed by atoms with Crippen molar-refractivity contribution in [1.29, 1.82) is 5.26 Å². The van der Waals surface area contributed by atoms with Gasteiger partial charge in [-0.05, 0) is 36.8 Å². The van der Waals surface area contributed by atoms with Crippen LogP contribution in [0.4, 0.5) is 29.1 Å². The summed E-state index contributed by atoms with van der Waals surface area (Å²) in [7, 11) is 0. The molecule has 1 aromatic heterocycles. The molecule has 41 heavy (non-hydrogen) atoms. The molecule has 1 N–H and O–H groups in total. The van der Waals surface area contributed by atoms with Gasteiger partial charge in [0.05, 0.1) is 17.7 Å². The summed E-state index contributed by atoms with van der Waals surface area (Å²) < 4.78 is 56.2. The summed E-state index contributed by atoms with van der Waals surface area (Å²) in [5.74, 6) is -5.44. The van der Waals surface area contributed by atoms with Crippen molar-refractivity contribution in [2.45, 2.75) is 49.7 Å². The van der Waals surface area contributed by atoms with E-state index in [0.717, 1.165) is 12.1 Å². The van der Waals surface area contributed by atoms with Gasteiger partial charge in [-0.25, -0.2) is 22.5 Å². The van der Waals surface area contributed by atoms with Crippen LogP contribution >= 0.6 is 11.6 Å². The number of nitrogens with one attached hydrogen (secondary N) is 1. The minimum atomic E-state index is -2.89. The number of nitriles is 1. The third-order valence-electron chi connectivity index (χ3n) is 7.23. The van der Waals surface area contributed by atoms with Crippen LogP contribution in [0.15, 0.2) is 60.8 Å². The van der Waals surface area contributed by atoms with Crippen molar-refractivity contribution >= 4 is 34.9 Å². The molecule has 0 unspecified atom stereocenters. The number of alkyl halides is 2. The first-order valence-corrected chi connectivity index (χ1v) is 13.3. The molecule has 0 radical (unpaired) electrons. The van der Waals surface area contributed by atoms with Crippen LogP contribution in [0.1, 0.15) is 42.9 Å². The van der Waals surface area contributed by atoms with E-state index in [2.05, 4.69) is 10.3 Å². The van der Waals surface area contributed by atoms with E-state index < -0.39 is 54.4 Å². The molecule has 1 aliphatic carbocycles. The van der Waals surface area contributed by atoms with Gasteiger partial charge in [-0.15, -0.1) is 0 Å². The zero-order valence-electron chi connectivity index (χ0n) is 21.5. The van der Waals surface area contributed by atoms with Gasteiger partial charge in [0.15, 0.2) is 0 Å². The number of amides is 2. The van der Waals surface area contributed by atoms with E-state index in [4.69, 9.17) is 11.6 Å². The number of carbonyl (C=O) groups is 2. The molecular formula is C29H24ClF4N5O2. The zero-order valence-corrected chi connectivity index (χ0v) is 22.3. The molecule has 1 aliphatic heterocycles. The van der Waals surface area contributed by atoms with Gasteiger partial charge in [0.2, 0.25) is 11.8 Å². The quantitative estimate of drug-likeness (QED) is 0.351. The lowest BCUT2D eigenvalue weighted by molar-refractivity contribution is -0.130. The van der Waals surface area contributed by atoms with Crippen LogP contribution in [0.25, 0.3) is 0 Å². The highest BCUT2D eigenvalue weighted by atomic mass is 35.5. The molecule has 12 heteroatoms. The van der Waals surface area contributed by atoms with E-state index >= 15 is 0 Å². The minimum absolute atomic E-state index is 0.0143. The van der Waals surface area contributed by atoms with E-state index in [0.29, 0.717) is 12.5 Å². The summed E-state index contributed by atoms with van der Waals surface area (Å²) >= 11 is 6.50. The second kappa shape index (κ2) is 11.4. The fourth-order valence-electron chi connectivity index (χ4n) is 5.33. The molecule has 212 valence electrons. The zero-order chi connectivity index (χ0) is 29.3. The Hall–Kier alpha value is -4.17. The summed E-state index contributed by atoms with van der Waals surface area (Å²) in [5, 5.41) is 12.1. The predicted molar refractivity (Wildman–Crippen MR) is 143 cm³/mol. The molecule has 2 aromatic carbocycles. The fourth-order valence-corrected chi connectivity index (χ4v) is 5.57. The standard InChI is InChI=1S/C29H24ClF4N5O2/c30-24-4-2-1-3-23(24)27(28(41)37-20-13-29(33,34)14-20)38(22-11-18(31)10-19(32)12-22)16-21-5-6-26(40)39(21)25-9-17(15-35)7-8-36-25/h1-4,7-12,20-21,27H,5-6,13-14,16H2,(H,37,41)/t21-,27-/m0/s1. The van der Waals surface area contributed by atoms with Crippen molar-refractivity contribution in [2.75, 3.05) is 16.3 Å². The highest BCUT2D eigenvalue weighted by Gasteiger charge is 2.47. The average molecular weight is 586 g/mol. The Labute approximate surface area is 238 Å². The Morgan fingerprint density at radius 3 is 2.54 bits per heavy atom. The number of nitrogens with zero attached hydrogens (tertiary/aromatic N) is 4. The normalized spacial score (nSPS) is 18.9. The maximum absolute atomic E-state index is 14.5. The van der Waals surface area contributed by atoms with Crippen molar-refractivity contribution in [3.63, 3.8) is 0 Å². The molecule has 2 atom stereocenters. The van der Waals surface area contributed by atoms with Crippen molar-refractivity contribution in [1.82, 2.24) is 10.3 Å². The van der Waals surface area contributed by atoms with Crippen LogP contribution in [-0.4, -0.2) is 41.3 Å². The number of hydrogen-bond acceptors (Lipinski definition) is 5. The van der Waals surface area contributed by atoms with E-state index in [1.54, 1.807) is 24.3 Å². The Morgan fingerprint density at radius 2 is 1.88 bits per heavy atom. The van der Waals surface area contributed by atoms with E-state index in [1.165, 1.54) is 28.1 Å². The van der Waals surface area contributed by atoms with Gasteiger partial charge in [0, 0.05) is 60.4 Å². The smallest absolute Gasteiger partial charge is 0.252 e. The van der Waals surface area contributed by atoms with Crippen molar-refractivity contribution in [2.24, 2.45) is 0 Å². The Morgan fingerprint density at radius 1 is 1.17 bits per heavy atom. The minimum Gasteiger partial charge on any atom is -0.354 e. The summed E-state index contributed by atoms with van der Waals surface area (Å²) in [6.07, 6.45) is 0.777. The SMILES string of the molecule is N#Cc1ccnc(N2C(=O)CC[C@H]2CN(c2cc(F)cc(F)c2)[C@H](C(=O)NC2CC(F)(F)C2)c2ccccc2Cl)c1. The fraction of sp³-hybridized carbons (Fsp3) is 0.310. The van der Waals surface area contributed by atoms with E-state index in [9.17, 15) is 32.4 Å². The highest BCUT2D eigenvalue weighted by Crippen LogP contribution is 2.39. The molecule has 2 heterocycles. The second-order valence-corrected chi connectivity index (χ2v) is 10.6. The largest absolute Gasteiger partial charge is 0.354 e. The van der Waals surface area contributed by atoms with Crippen molar-refractivity contribution < 1.29 is 27.2 Å². The van der Waals surface area contributed by atoms with Gasteiger partial charge >= 0.3 is 0 Å². The van der Waals surface area contributed by atoms with Crippen LogP contribution in [0.2, 0.25) is 5.02 Å². The van der Waals surface area contributed by atoms with E-state index in [1.807, 2.05) is 6.07 Å². The maximum Gasteiger partial charge on any atom is 0.252 e. The molecule has 1 saturated heterocycles. The van der Waals surface area contributed by atoms with Crippen LogP contribution < -0.4 is 15.1 Å². The first kappa shape index (κ1) is 28.4. The number of benzene rings is 2. The van der Waals surface area contributed by atoms with Gasteiger partial charge < -0.3 is 10.2 Å². The number of aromatic nitrogens is 1. The topological polar surface area (TPSA) is 89.3 Å². The second-order valence-electron chi connectivity index (χ2n) is 10.1. The van der Waals surface area contributed by atoms with E-state index in [-0.39, 0.29) is 46.5 Å². The number of pyridine rings is 1. The van der Waals surface area contributed by atoms with Gasteiger partial charge in [0.1, 0.15) is 23.5 Å². The Bertz CT molecular complexity index is 1500. The molecule has 7 nitrogen and oxygen atoms in total. The summed E-state index contributed by atoms with van der Waals surface area (Å²) in [6, 6.07) is 11.4. The number of rotatable bonds is 8. The van der Waals surface area contributed by atoms with Crippen LogP contribution in [0, 0.1) is 23.0 Å². The molecule has 0 spiro atoms. The summed E-state index contributed by atoms with van der Waals surface area (Å²) in [5.41, 5.74) is 0.547. The van der Waals surface area contributed by atoms with Gasteiger partial charge in [-0.1, -0.05) is 29.8 Å².